The fourth-order valence-electron chi connectivity index (χ4n) is 2.60. The molecule has 1 N–H and O–H groups in total. The van der Waals surface area contributed by atoms with Gasteiger partial charge in [0.2, 0.25) is 5.91 Å². The molecule has 1 saturated heterocycles. The first-order chi connectivity index (χ1) is 11.0. The SMILES string of the molecule is Cc1cc(C(=O)N[C@H]2CCN(c3ccc(Cl)cc3)C2=O)nn1C. The van der Waals surface area contributed by atoms with Crippen molar-refractivity contribution in [3.8, 4) is 0 Å². The summed E-state index contributed by atoms with van der Waals surface area (Å²) in [6.45, 7) is 2.43. The number of amides is 2. The highest BCUT2D eigenvalue weighted by Crippen LogP contribution is 2.23. The molecule has 6 nitrogen and oxygen atoms in total. The molecule has 1 atom stereocenters. The molecule has 1 aromatic carbocycles. The van der Waals surface area contributed by atoms with Crippen molar-refractivity contribution in [2.45, 2.75) is 19.4 Å². The predicted molar refractivity (Wildman–Crippen MR) is 87.6 cm³/mol. The number of hydrogen-bond donors (Lipinski definition) is 1. The molecule has 120 valence electrons. The second-order valence-electron chi connectivity index (χ2n) is 5.58. The van der Waals surface area contributed by atoms with Gasteiger partial charge >= 0.3 is 0 Å². The van der Waals surface area contributed by atoms with Gasteiger partial charge < -0.3 is 10.2 Å². The van der Waals surface area contributed by atoms with Gasteiger partial charge in [-0.1, -0.05) is 11.6 Å². The van der Waals surface area contributed by atoms with Gasteiger partial charge in [-0.25, -0.2) is 0 Å². The molecular formula is C16H17ClN4O2. The van der Waals surface area contributed by atoms with Gasteiger partial charge in [0.1, 0.15) is 11.7 Å². The number of aromatic nitrogens is 2. The van der Waals surface area contributed by atoms with E-state index in [9.17, 15) is 9.59 Å². The van der Waals surface area contributed by atoms with Crippen molar-refractivity contribution in [3.63, 3.8) is 0 Å². The van der Waals surface area contributed by atoms with Crippen molar-refractivity contribution in [1.82, 2.24) is 15.1 Å². The van der Waals surface area contributed by atoms with Crippen LogP contribution in [0.25, 0.3) is 0 Å². The molecule has 0 spiro atoms. The first kappa shape index (κ1) is 15.6. The summed E-state index contributed by atoms with van der Waals surface area (Å²) in [6.07, 6.45) is 0.568. The Kier molecular flexibility index (Phi) is 4.09. The lowest BCUT2D eigenvalue weighted by atomic mass is 10.2. The van der Waals surface area contributed by atoms with Gasteiger partial charge in [0.05, 0.1) is 0 Å². The smallest absolute Gasteiger partial charge is 0.272 e. The van der Waals surface area contributed by atoms with E-state index in [-0.39, 0.29) is 11.8 Å². The van der Waals surface area contributed by atoms with Crippen LogP contribution in [0.15, 0.2) is 30.3 Å². The minimum absolute atomic E-state index is 0.117. The highest BCUT2D eigenvalue weighted by Gasteiger charge is 2.34. The lowest BCUT2D eigenvalue weighted by Gasteiger charge is -2.17. The number of carbonyl (C=O) groups excluding carboxylic acids is 2. The normalized spacial score (nSPS) is 17.6. The van der Waals surface area contributed by atoms with Crippen LogP contribution >= 0.6 is 11.6 Å². The molecule has 7 heteroatoms. The van der Waals surface area contributed by atoms with Crippen LogP contribution in [-0.2, 0) is 11.8 Å². The number of anilines is 1. The highest BCUT2D eigenvalue weighted by molar-refractivity contribution is 6.30. The van der Waals surface area contributed by atoms with Gasteiger partial charge in [-0.05, 0) is 43.7 Å². The van der Waals surface area contributed by atoms with Crippen LogP contribution in [0.2, 0.25) is 5.02 Å². The molecule has 1 aromatic heterocycles. The summed E-state index contributed by atoms with van der Waals surface area (Å²) < 4.78 is 1.63. The molecule has 0 aliphatic carbocycles. The molecule has 3 rings (SSSR count). The maximum Gasteiger partial charge on any atom is 0.272 e. The molecule has 1 fully saturated rings. The quantitative estimate of drug-likeness (QED) is 0.933. The number of hydrogen-bond acceptors (Lipinski definition) is 3. The van der Waals surface area contributed by atoms with E-state index in [1.54, 1.807) is 47.0 Å². The molecule has 23 heavy (non-hydrogen) atoms. The summed E-state index contributed by atoms with van der Waals surface area (Å²) >= 11 is 5.87. The zero-order valence-corrected chi connectivity index (χ0v) is 13.7. The van der Waals surface area contributed by atoms with Crippen molar-refractivity contribution in [2.75, 3.05) is 11.4 Å². The zero-order chi connectivity index (χ0) is 16.6. The molecule has 0 bridgehead atoms. The maximum atomic E-state index is 12.5. The van der Waals surface area contributed by atoms with Crippen LogP contribution in [0.3, 0.4) is 0 Å². The van der Waals surface area contributed by atoms with Crippen molar-refractivity contribution >= 4 is 29.1 Å². The lowest BCUT2D eigenvalue weighted by Crippen LogP contribution is -2.41. The van der Waals surface area contributed by atoms with Crippen LogP contribution in [0.4, 0.5) is 5.69 Å². The van der Waals surface area contributed by atoms with Crippen LogP contribution in [-0.4, -0.2) is 34.2 Å². The van der Waals surface area contributed by atoms with Gasteiger partial charge in [-0.3, -0.25) is 14.3 Å². The molecule has 0 unspecified atom stereocenters. The van der Waals surface area contributed by atoms with E-state index in [0.717, 1.165) is 11.4 Å². The van der Waals surface area contributed by atoms with Gasteiger partial charge in [-0.2, -0.15) is 5.10 Å². The van der Waals surface area contributed by atoms with Crippen molar-refractivity contribution in [1.29, 1.82) is 0 Å². The monoisotopic (exact) mass is 332 g/mol. The Morgan fingerprint density at radius 2 is 2.04 bits per heavy atom. The average Bonchev–Trinajstić information content (AvgIpc) is 3.04. The summed E-state index contributed by atoms with van der Waals surface area (Å²) in [5.74, 6) is -0.446. The van der Waals surface area contributed by atoms with E-state index < -0.39 is 6.04 Å². The number of benzene rings is 1. The Labute approximate surface area is 139 Å². The second-order valence-corrected chi connectivity index (χ2v) is 6.01. The van der Waals surface area contributed by atoms with E-state index >= 15 is 0 Å². The molecule has 0 saturated carbocycles. The molecule has 1 aliphatic heterocycles. The maximum absolute atomic E-state index is 12.5. The van der Waals surface area contributed by atoms with E-state index in [0.29, 0.717) is 23.7 Å². The Bertz CT molecular complexity index is 734. The summed E-state index contributed by atoms with van der Waals surface area (Å²) in [4.78, 5) is 26.4. The number of halogens is 1. The first-order valence-corrected chi connectivity index (χ1v) is 7.72. The molecule has 1 aliphatic rings. The van der Waals surface area contributed by atoms with E-state index in [1.165, 1.54) is 0 Å². The largest absolute Gasteiger partial charge is 0.339 e. The Morgan fingerprint density at radius 1 is 1.35 bits per heavy atom. The summed E-state index contributed by atoms with van der Waals surface area (Å²) in [6, 6.07) is 8.25. The fraction of sp³-hybridized carbons (Fsp3) is 0.312. The third kappa shape index (κ3) is 3.07. The van der Waals surface area contributed by atoms with Crippen molar-refractivity contribution < 1.29 is 9.59 Å². The molecule has 2 aromatic rings. The standard InChI is InChI=1S/C16H17ClN4O2/c1-10-9-14(19-20(10)2)15(22)18-13-7-8-21(16(13)23)12-5-3-11(17)4-6-12/h3-6,9,13H,7-8H2,1-2H3,(H,18,22)/t13-/m0/s1. The predicted octanol–water partition coefficient (Wildman–Crippen LogP) is 1.92. The Hall–Kier alpha value is -2.34. The molecule has 0 radical (unpaired) electrons. The molecular weight excluding hydrogens is 316 g/mol. The summed E-state index contributed by atoms with van der Waals surface area (Å²) in [5.41, 5.74) is 1.99. The van der Waals surface area contributed by atoms with Gasteiger partial charge in [0.15, 0.2) is 0 Å². The third-order valence-electron chi connectivity index (χ3n) is 4.00. The second kappa shape index (κ2) is 6.04. The Morgan fingerprint density at radius 3 is 2.65 bits per heavy atom. The highest BCUT2D eigenvalue weighted by atomic mass is 35.5. The fourth-order valence-corrected chi connectivity index (χ4v) is 2.72. The summed E-state index contributed by atoms with van der Waals surface area (Å²) in [7, 11) is 1.77. The first-order valence-electron chi connectivity index (χ1n) is 7.34. The molecule has 2 heterocycles. The van der Waals surface area contributed by atoms with Crippen LogP contribution < -0.4 is 10.2 Å². The number of rotatable bonds is 3. The van der Waals surface area contributed by atoms with Crippen LogP contribution in [0.1, 0.15) is 22.6 Å². The number of aryl methyl sites for hydroxylation is 2. The van der Waals surface area contributed by atoms with Gasteiger partial charge in [0.25, 0.3) is 5.91 Å². The number of nitrogens with one attached hydrogen (secondary N) is 1. The topological polar surface area (TPSA) is 67.2 Å². The lowest BCUT2D eigenvalue weighted by molar-refractivity contribution is -0.118. The van der Waals surface area contributed by atoms with E-state index in [1.807, 2.05) is 6.92 Å². The number of carbonyl (C=O) groups is 2. The van der Waals surface area contributed by atoms with E-state index in [2.05, 4.69) is 10.4 Å². The van der Waals surface area contributed by atoms with Crippen LogP contribution in [0, 0.1) is 6.92 Å². The van der Waals surface area contributed by atoms with Crippen LogP contribution in [0.5, 0.6) is 0 Å². The van der Waals surface area contributed by atoms with E-state index in [4.69, 9.17) is 11.6 Å². The summed E-state index contributed by atoms with van der Waals surface area (Å²) in [5, 5.41) is 7.51. The minimum atomic E-state index is -0.527. The minimum Gasteiger partial charge on any atom is -0.339 e. The third-order valence-corrected chi connectivity index (χ3v) is 4.25. The average molecular weight is 333 g/mol. The van der Waals surface area contributed by atoms with Gasteiger partial charge in [-0.15, -0.1) is 0 Å². The molecule has 2 amide bonds. The Balaban J connectivity index is 1.69. The zero-order valence-electron chi connectivity index (χ0n) is 12.9. The van der Waals surface area contributed by atoms with Gasteiger partial charge in [0, 0.05) is 30.0 Å². The van der Waals surface area contributed by atoms with Crippen molar-refractivity contribution in [3.05, 3.63) is 46.7 Å². The van der Waals surface area contributed by atoms with Crippen molar-refractivity contribution in [2.24, 2.45) is 7.05 Å². The number of nitrogens with zero attached hydrogens (tertiary/aromatic N) is 3.